The molecule has 1 saturated heterocycles. The van der Waals surface area contributed by atoms with E-state index in [9.17, 15) is 9.90 Å². The summed E-state index contributed by atoms with van der Waals surface area (Å²) in [4.78, 5) is 17.1. The number of carbonyl (C=O) groups excluding carboxylic acids is 1. The number of rotatable bonds is 3. The molecule has 0 aromatic carbocycles. The van der Waals surface area contributed by atoms with E-state index in [1.807, 2.05) is 4.90 Å². The van der Waals surface area contributed by atoms with E-state index in [0.29, 0.717) is 18.5 Å². The number of hydrogen-bond acceptors (Lipinski definition) is 3. The highest BCUT2D eigenvalue weighted by Gasteiger charge is 2.40. The Morgan fingerprint density at radius 2 is 1.79 bits per heavy atom. The van der Waals surface area contributed by atoms with E-state index in [0.717, 1.165) is 19.3 Å². The Bertz CT molecular complexity index is 423. The van der Waals surface area contributed by atoms with Crippen LogP contribution >= 0.6 is 0 Å². The summed E-state index contributed by atoms with van der Waals surface area (Å²) in [6.07, 6.45) is 11.3. The van der Waals surface area contributed by atoms with Gasteiger partial charge in [-0.2, -0.15) is 0 Å². The Morgan fingerprint density at radius 3 is 2.50 bits per heavy atom. The molecule has 0 unspecified atom stereocenters. The summed E-state index contributed by atoms with van der Waals surface area (Å²) in [5.41, 5.74) is 0. The average Bonchev–Trinajstić information content (AvgIpc) is 2.98. The number of likely N-dealkylation sites (tertiary alicyclic amines) is 1. The molecular weight excluding hydrogens is 302 g/mol. The molecule has 3 rings (SSSR count). The van der Waals surface area contributed by atoms with Crippen LogP contribution in [0.1, 0.15) is 64.2 Å². The first kappa shape index (κ1) is 18.0. The molecule has 0 aromatic heterocycles. The summed E-state index contributed by atoms with van der Waals surface area (Å²) in [7, 11) is 4.26. The molecule has 0 bridgehead atoms. The fourth-order valence-corrected chi connectivity index (χ4v) is 5.06. The van der Waals surface area contributed by atoms with Crippen LogP contribution < -0.4 is 5.32 Å². The molecule has 5 heteroatoms. The van der Waals surface area contributed by atoms with E-state index in [2.05, 4.69) is 24.3 Å². The maximum Gasteiger partial charge on any atom is 0.317 e. The van der Waals surface area contributed by atoms with Gasteiger partial charge in [-0.05, 0) is 65.0 Å². The van der Waals surface area contributed by atoms with Crippen molar-refractivity contribution >= 4 is 6.03 Å². The monoisotopic (exact) mass is 337 g/mol. The molecule has 0 radical (unpaired) electrons. The molecule has 2 N–H and O–H groups in total. The first-order valence-corrected chi connectivity index (χ1v) is 9.96. The SMILES string of the molecule is CN(C)[C@@H]1CCC[C@H](NC(=O)N2C[C@H](O)C[C@@H]2C2CCCCC2)C1. The van der Waals surface area contributed by atoms with Gasteiger partial charge in [0.15, 0.2) is 0 Å². The molecule has 5 nitrogen and oxygen atoms in total. The lowest BCUT2D eigenvalue weighted by atomic mass is 9.83. The number of aliphatic hydroxyl groups is 1. The fourth-order valence-electron chi connectivity index (χ4n) is 5.06. The van der Waals surface area contributed by atoms with Crippen LogP contribution in [-0.2, 0) is 0 Å². The largest absolute Gasteiger partial charge is 0.391 e. The Labute approximate surface area is 146 Å². The van der Waals surface area contributed by atoms with E-state index in [4.69, 9.17) is 0 Å². The fraction of sp³-hybridized carbons (Fsp3) is 0.947. The number of carbonyl (C=O) groups is 1. The molecule has 2 saturated carbocycles. The predicted molar refractivity (Wildman–Crippen MR) is 96.0 cm³/mol. The highest BCUT2D eigenvalue weighted by atomic mass is 16.3. The summed E-state index contributed by atoms with van der Waals surface area (Å²) in [5.74, 6) is 0.586. The average molecular weight is 338 g/mol. The summed E-state index contributed by atoms with van der Waals surface area (Å²) in [6, 6.07) is 1.16. The molecular formula is C19H35N3O2. The second-order valence-electron chi connectivity index (χ2n) is 8.44. The molecule has 2 aliphatic carbocycles. The zero-order chi connectivity index (χ0) is 17.1. The number of urea groups is 1. The molecule has 0 spiro atoms. The molecule has 2 amide bonds. The number of nitrogens with zero attached hydrogens (tertiary/aromatic N) is 2. The summed E-state index contributed by atoms with van der Waals surface area (Å²) >= 11 is 0. The van der Waals surface area contributed by atoms with Crippen LogP contribution in [-0.4, -0.2) is 65.8 Å². The van der Waals surface area contributed by atoms with Gasteiger partial charge in [-0.25, -0.2) is 4.79 Å². The van der Waals surface area contributed by atoms with Crippen molar-refractivity contribution in [3.63, 3.8) is 0 Å². The van der Waals surface area contributed by atoms with Crippen molar-refractivity contribution in [2.24, 2.45) is 5.92 Å². The predicted octanol–water partition coefficient (Wildman–Crippen LogP) is 2.58. The van der Waals surface area contributed by atoms with Crippen LogP contribution in [0.15, 0.2) is 0 Å². The number of β-amino-alcohol motifs (C(OH)–C–C–N with tert-alkyl or cyclic N) is 1. The topological polar surface area (TPSA) is 55.8 Å². The minimum absolute atomic E-state index is 0.0616. The zero-order valence-electron chi connectivity index (χ0n) is 15.4. The van der Waals surface area contributed by atoms with Gasteiger partial charge >= 0.3 is 6.03 Å². The molecule has 3 aliphatic rings. The molecule has 0 aromatic rings. The zero-order valence-corrected chi connectivity index (χ0v) is 15.4. The molecule has 4 atom stereocenters. The van der Waals surface area contributed by atoms with Crippen molar-refractivity contribution in [3.8, 4) is 0 Å². The Balaban J connectivity index is 1.58. The lowest BCUT2D eigenvalue weighted by Crippen LogP contribution is -2.51. The Hall–Kier alpha value is -0.810. The third-order valence-electron chi connectivity index (χ3n) is 6.48. The summed E-state index contributed by atoms with van der Waals surface area (Å²) < 4.78 is 0. The minimum atomic E-state index is -0.344. The Kier molecular flexibility index (Phi) is 6.03. The number of nitrogens with one attached hydrogen (secondary N) is 1. The van der Waals surface area contributed by atoms with Crippen molar-refractivity contribution in [2.45, 2.75) is 88.4 Å². The second-order valence-corrected chi connectivity index (χ2v) is 8.44. The molecule has 1 aliphatic heterocycles. The molecule has 24 heavy (non-hydrogen) atoms. The highest BCUT2D eigenvalue weighted by Crippen LogP contribution is 2.34. The highest BCUT2D eigenvalue weighted by molar-refractivity contribution is 5.75. The summed E-state index contributed by atoms with van der Waals surface area (Å²) in [6.45, 7) is 0.511. The normalized spacial score (nSPS) is 35.4. The number of amides is 2. The van der Waals surface area contributed by atoms with Crippen molar-refractivity contribution in [1.29, 1.82) is 0 Å². The lowest BCUT2D eigenvalue weighted by molar-refractivity contribution is 0.142. The second kappa shape index (κ2) is 8.05. The number of aliphatic hydroxyl groups excluding tert-OH is 1. The van der Waals surface area contributed by atoms with E-state index >= 15 is 0 Å². The van der Waals surface area contributed by atoms with E-state index in [-0.39, 0.29) is 24.2 Å². The van der Waals surface area contributed by atoms with E-state index in [1.54, 1.807) is 0 Å². The van der Waals surface area contributed by atoms with Crippen LogP contribution in [0.4, 0.5) is 4.79 Å². The standard InChI is InChI=1S/C19H35N3O2/c1-21(2)16-10-6-9-15(11-16)20-19(24)22-13-17(23)12-18(22)14-7-4-3-5-8-14/h14-18,23H,3-13H2,1-2H3,(H,20,24)/t15-,16+,17+,18+/m0/s1. The van der Waals surface area contributed by atoms with Gasteiger partial charge in [0.2, 0.25) is 0 Å². The van der Waals surface area contributed by atoms with Crippen molar-refractivity contribution < 1.29 is 9.90 Å². The molecule has 3 fully saturated rings. The Morgan fingerprint density at radius 1 is 1.04 bits per heavy atom. The van der Waals surface area contributed by atoms with Gasteiger partial charge < -0.3 is 20.2 Å². The third-order valence-corrected chi connectivity index (χ3v) is 6.48. The van der Waals surface area contributed by atoms with Crippen LogP contribution in [0, 0.1) is 5.92 Å². The quantitative estimate of drug-likeness (QED) is 0.832. The van der Waals surface area contributed by atoms with Crippen molar-refractivity contribution in [1.82, 2.24) is 15.1 Å². The lowest BCUT2D eigenvalue weighted by Gasteiger charge is -2.37. The van der Waals surface area contributed by atoms with Crippen LogP contribution in [0.5, 0.6) is 0 Å². The van der Waals surface area contributed by atoms with Gasteiger partial charge in [0, 0.05) is 24.7 Å². The van der Waals surface area contributed by atoms with E-state index in [1.165, 1.54) is 44.9 Å². The first-order chi connectivity index (χ1) is 11.5. The third kappa shape index (κ3) is 4.23. The maximum atomic E-state index is 12.9. The van der Waals surface area contributed by atoms with Crippen LogP contribution in [0.2, 0.25) is 0 Å². The minimum Gasteiger partial charge on any atom is -0.391 e. The van der Waals surface area contributed by atoms with Gasteiger partial charge in [-0.1, -0.05) is 19.3 Å². The van der Waals surface area contributed by atoms with Crippen molar-refractivity contribution in [2.75, 3.05) is 20.6 Å². The van der Waals surface area contributed by atoms with Gasteiger partial charge in [0.25, 0.3) is 0 Å². The summed E-state index contributed by atoms with van der Waals surface area (Å²) in [5, 5.41) is 13.4. The van der Waals surface area contributed by atoms with E-state index < -0.39 is 0 Å². The molecule has 138 valence electrons. The van der Waals surface area contributed by atoms with Gasteiger partial charge in [0.1, 0.15) is 0 Å². The smallest absolute Gasteiger partial charge is 0.317 e. The van der Waals surface area contributed by atoms with Crippen LogP contribution in [0.25, 0.3) is 0 Å². The first-order valence-electron chi connectivity index (χ1n) is 9.96. The number of hydrogen-bond donors (Lipinski definition) is 2. The molecule has 1 heterocycles. The van der Waals surface area contributed by atoms with Gasteiger partial charge in [-0.3, -0.25) is 0 Å². The van der Waals surface area contributed by atoms with Crippen molar-refractivity contribution in [3.05, 3.63) is 0 Å². The maximum absolute atomic E-state index is 12.9. The van der Waals surface area contributed by atoms with Crippen LogP contribution in [0.3, 0.4) is 0 Å². The van der Waals surface area contributed by atoms with Gasteiger partial charge in [0.05, 0.1) is 6.10 Å². The van der Waals surface area contributed by atoms with Gasteiger partial charge in [-0.15, -0.1) is 0 Å².